The molecule has 202 valence electrons. The molecular weight excluding hydrogens is 474 g/mol. The Labute approximate surface area is 227 Å². The van der Waals surface area contributed by atoms with Gasteiger partial charge in [0.2, 0.25) is 0 Å². The van der Waals surface area contributed by atoms with Gasteiger partial charge in [-0.3, -0.25) is 9.78 Å². The Balaban J connectivity index is 1.50. The van der Waals surface area contributed by atoms with E-state index in [1.165, 1.54) is 32.1 Å². The van der Waals surface area contributed by atoms with Gasteiger partial charge in [-0.1, -0.05) is 93.8 Å². The summed E-state index contributed by atoms with van der Waals surface area (Å²) in [5, 5.41) is 9.08. The van der Waals surface area contributed by atoms with E-state index < -0.39 is 5.97 Å². The van der Waals surface area contributed by atoms with E-state index in [4.69, 9.17) is 19.8 Å². The molecule has 3 aromatic rings. The molecule has 1 N–H and O–H groups in total. The lowest BCUT2D eigenvalue weighted by atomic mass is 9.91. The van der Waals surface area contributed by atoms with Crippen molar-refractivity contribution in [2.75, 3.05) is 24.7 Å². The standard InChI is InChI=1S/C32H41N3O3/c1-32(2,22-29(36)37)24-38-21-13-12-20-35(27-18-10-5-11-19-27)28-23-33-30(25-14-6-3-7-15-25)31(34-28)26-16-8-4-9-17-26/h3-4,6-9,14-17,23,27H,5,10-13,18-22,24H2,1-2H3,(H,36,37). The summed E-state index contributed by atoms with van der Waals surface area (Å²) in [5.74, 6) is 0.162. The molecule has 0 bridgehead atoms. The minimum atomic E-state index is -0.781. The van der Waals surface area contributed by atoms with Crippen molar-refractivity contribution in [3.05, 3.63) is 66.9 Å². The molecule has 0 unspecified atom stereocenters. The van der Waals surface area contributed by atoms with Crippen molar-refractivity contribution in [3.8, 4) is 22.5 Å². The molecule has 0 saturated heterocycles. The lowest BCUT2D eigenvalue weighted by molar-refractivity contribution is -0.140. The van der Waals surface area contributed by atoms with Gasteiger partial charge in [-0.15, -0.1) is 0 Å². The molecule has 6 nitrogen and oxygen atoms in total. The van der Waals surface area contributed by atoms with Gasteiger partial charge in [0.25, 0.3) is 0 Å². The van der Waals surface area contributed by atoms with E-state index in [0.29, 0.717) is 19.3 Å². The molecule has 1 fully saturated rings. The summed E-state index contributed by atoms with van der Waals surface area (Å²) in [6, 6.07) is 21.1. The first-order chi connectivity index (χ1) is 18.4. The largest absolute Gasteiger partial charge is 0.481 e. The molecule has 2 aromatic carbocycles. The summed E-state index contributed by atoms with van der Waals surface area (Å²) in [5.41, 5.74) is 3.60. The SMILES string of the molecule is CC(C)(COCCCCN(c1cnc(-c2ccccc2)c(-c2ccccc2)n1)C1CCCCC1)CC(=O)O. The molecule has 1 aromatic heterocycles. The molecule has 6 heteroatoms. The Morgan fingerprint density at radius 2 is 1.58 bits per heavy atom. The van der Waals surface area contributed by atoms with Crippen LogP contribution in [0.1, 0.15) is 65.2 Å². The van der Waals surface area contributed by atoms with Crippen LogP contribution in [0.2, 0.25) is 0 Å². The lowest BCUT2D eigenvalue weighted by Crippen LogP contribution is -2.38. The van der Waals surface area contributed by atoms with E-state index in [-0.39, 0.29) is 11.8 Å². The van der Waals surface area contributed by atoms with E-state index >= 15 is 0 Å². The van der Waals surface area contributed by atoms with Crippen LogP contribution in [0.15, 0.2) is 66.9 Å². The second-order valence-corrected chi connectivity index (χ2v) is 11.1. The number of anilines is 1. The van der Waals surface area contributed by atoms with Crippen LogP contribution in [0.4, 0.5) is 5.82 Å². The number of benzene rings is 2. The van der Waals surface area contributed by atoms with Crippen LogP contribution in [0.5, 0.6) is 0 Å². The van der Waals surface area contributed by atoms with Crippen molar-refractivity contribution >= 4 is 11.8 Å². The van der Waals surface area contributed by atoms with Crippen LogP contribution < -0.4 is 4.90 Å². The first kappa shape index (κ1) is 27.8. The zero-order chi connectivity index (χ0) is 26.8. The maximum atomic E-state index is 11.1. The van der Waals surface area contributed by atoms with E-state index in [2.05, 4.69) is 41.3 Å². The van der Waals surface area contributed by atoms with Crippen molar-refractivity contribution in [2.45, 2.75) is 71.3 Å². The first-order valence-electron chi connectivity index (χ1n) is 14.0. The second-order valence-electron chi connectivity index (χ2n) is 11.1. The molecule has 4 rings (SSSR count). The Bertz CT molecular complexity index is 1150. The van der Waals surface area contributed by atoms with Crippen LogP contribution >= 0.6 is 0 Å². The summed E-state index contributed by atoms with van der Waals surface area (Å²) in [4.78, 5) is 23.7. The molecule has 38 heavy (non-hydrogen) atoms. The number of aromatic nitrogens is 2. The van der Waals surface area contributed by atoms with Gasteiger partial charge in [0, 0.05) is 30.3 Å². The number of carbonyl (C=O) groups is 1. The van der Waals surface area contributed by atoms with E-state index in [9.17, 15) is 4.79 Å². The van der Waals surface area contributed by atoms with Gasteiger partial charge in [0.1, 0.15) is 5.82 Å². The Hall–Kier alpha value is -3.25. The molecule has 1 aliphatic rings. The van der Waals surface area contributed by atoms with Crippen molar-refractivity contribution in [2.24, 2.45) is 5.41 Å². The minimum Gasteiger partial charge on any atom is -0.481 e. The molecule has 1 heterocycles. The molecule has 0 radical (unpaired) electrons. The van der Waals surface area contributed by atoms with Crippen LogP contribution in [-0.2, 0) is 9.53 Å². The van der Waals surface area contributed by atoms with Crippen LogP contribution in [0.3, 0.4) is 0 Å². The zero-order valence-corrected chi connectivity index (χ0v) is 22.8. The van der Waals surface area contributed by atoms with E-state index in [1.807, 2.05) is 44.3 Å². The third-order valence-electron chi connectivity index (χ3n) is 7.22. The van der Waals surface area contributed by atoms with Gasteiger partial charge in [-0.25, -0.2) is 4.98 Å². The van der Waals surface area contributed by atoms with Gasteiger partial charge >= 0.3 is 5.97 Å². The number of hydrogen-bond acceptors (Lipinski definition) is 5. The maximum absolute atomic E-state index is 11.1. The quantitative estimate of drug-likeness (QED) is 0.242. The van der Waals surface area contributed by atoms with Gasteiger partial charge in [-0.2, -0.15) is 0 Å². The number of carboxylic acid groups (broad SMARTS) is 1. The third kappa shape index (κ3) is 7.87. The van der Waals surface area contributed by atoms with Crippen molar-refractivity contribution in [1.82, 2.24) is 9.97 Å². The predicted molar refractivity (Wildman–Crippen MR) is 153 cm³/mol. The fourth-order valence-corrected chi connectivity index (χ4v) is 5.29. The van der Waals surface area contributed by atoms with Gasteiger partial charge < -0.3 is 14.7 Å². The first-order valence-corrected chi connectivity index (χ1v) is 14.0. The number of carboxylic acids is 1. The highest BCUT2D eigenvalue weighted by molar-refractivity contribution is 5.78. The van der Waals surface area contributed by atoms with Crippen molar-refractivity contribution in [3.63, 3.8) is 0 Å². The van der Waals surface area contributed by atoms with Crippen molar-refractivity contribution < 1.29 is 14.6 Å². The van der Waals surface area contributed by atoms with Crippen LogP contribution in [-0.4, -0.2) is 46.8 Å². The van der Waals surface area contributed by atoms with Crippen LogP contribution in [0.25, 0.3) is 22.5 Å². The number of nitrogens with zero attached hydrogens (tertiary/aromatic N) is 3. The lowest BCUT2D eigenvalue weighted by Gasteiger charge is -2.35. The summed E-state index contributed by atoms with van der Waals surface area (Å²) < 4.78 is 5.86. The average molecular weight is 516 g/mol. The molecule has 1 aliphatic carbocycles. The zero-order valence-electron chi connectivity index (χ0n) is 22.8. The summed E-state index contributed by atoms with van der Waals surface area (Å²) in [7, 11) is 0. The summed E-state index contributed by atoms with van der Waals surface area (Å²) >= 11 is 0. The normalized spacial score (nSPS) is 14.4. The molecule has 0 spiro atoms. The Morgan fingerprint density at radius 3 is 2.21 bits per heavy atom. The molecule has 0 atom stereocenters. The highest BCUT2D eigenvalue weighted by Crippen LogP contribution is 2.33. The van der Waals surface area contributed by atoms with Gasteiger partial charge in [0.05, 0.1) is 30.6 Å². The van der Waals surface area contributed by atoms with Gasteiger partial charge in [0.15, 0.2) is 0 Å². The van der Waals surface area contributed by atoms with Crippen molar-refractivity contribution in [1.29, 1.82) is 0 Å². The monoisotopic (exact) mass is 515 g/mol. The molecule has 0 aliphatic heterocycles. The van der Waals surface area contributed by atoms with Gasteiger partial charge in [-0.05, 0) is 31.1 Å². The van der Waals surface area contributed by atoms with E-state index in [1.54, 1.807) is 0 Å². The highest BCUT2D eigenvalue weighted by atomic mass is 16.5. The molecule has 1 saturated carbocycles. The van der Waals surface area contributed by atoms with Crippen LogP contribution in [0, 0.1) is 5.41 Å². The number of hydrogen-bond donors (Lipinski definition) is 1. The topological polar surface area (TPSA) is 75.5 Å². The second kappa shape index (κ2) is 13.5. The van der Waals surface area contributed by atoms with E-state index in [0.717, 1.165) is 47.7 Å². The summed E-state index contributed by atoms with van der Waals surface area (Å²) in [6.45, 7) is 5.87. The minimum absolute atomic E-state index is 0.115. The fourth-order valence-electron chi connectivity index (χ4n) is 5.29. The fraction of sp³-hybridized carbons (Fsp3) is 0.469. The average Bonchev–Trinajstić information content (AvgIpc) is 2.93. The molecule has 0 amide bonds. The Kier molecular flexibility index (Phi) is 9.88. The molecular formula is C32H41N3O3. The third-order valence-corrected chi connectivity index (χ3v) is 7.22. The summed E-state index contributed by atoms with van der Waals surface area (Å²) in [6.07, 6.45) is 10.2. The number of aliphatic carboxylic acids is 1. The number of ether oxygens (including phenoxy) is 1. The highest BCUT2D eigenvalue weighted by Gasteiger charge is 2.25. The number of rotatable bonds is 13. The Morgan fingerprint density at radius 1 is 0.947 bits per heavy atom. The number of unbranched alkanes of at least 4 members (excludes halogenated alkanes) is 1. The maximum Gasteiger partial charge on any atom is 0.303 e. The predicted octanol–water partition coefficient (Wildman–Crippen LogP) is 7.25. The smallest absolute Gasteiger partial charge is 0.303 e.